The van der Waals surface area contributed by atoms with Crippen LogP contribution in [-0.2, 0) is 19.1 Å². The van der Waals surface area contributed by atoms with Crippen LogP contribution in [0.1, 0.15) is 18.9 Å². The van der Waals surface area contributed by atoms with Crippen LogP contribution in [0.3, 0.4) is 0 Å². The van der Waals surface area contributed by atoms with Gasteiger partial charge in [0, 0.05) is 0 Å². The van der Waals surface area contributed by atoms with E-state index in [1.807, 2.05) is 6.92 Å². The molecular weight excluding hydrogens is 228 g/mol. The Labute approximate surface area is 95.4 Å². The van der Waals surface area contributed by atoms with Gasteiger partial charge in [0.1, 0.15) is 12.4 Å². The van der Waals surface area contributed by atoms with Crippen LogP contribution in [0.2, 0.25) is 0 Å². The Morgan fingerprint density at radius 1 is 1.31 bits per heavy atom. The fourth-order valence-corrected chi connectivity index (χ4v) is 2.20. The zero-order chi connectivity index (χ0) is 12.2. The lowest BCUT2D eigenvalue weighted by Gasteiger charge is -2.09. The molecule has 0 fully saturated rings. The molecule has 5 heteroatoms. The number of rotatable bonds is 5. The van der Waals surface area contributed by atoms with Crippen molar-refractivity contribution in [2.24, 2.45) is 0 Å². The smallest absolute Gasteiger partial charge is 0.297 e. The lowest BCUT2D eigenvalue weighted by molar-refractivity contribution is -0.113. The van der Waals surface area contributed by atoms with Gasteiger partial charge in [0.25, 0.3) is 10.1 Å². The van der Waals surface area contributed by atoms with Gasteiger partial charge in [-0.05, 0) is 25.5 Å². The van der Waals surface area contributed by atoms with E-state index >= 15 is 0 Å². The van der Waals surface area contributed by atoms with E-state index in [1.54, 1.807) is 19.1 Å². The Kier molecular flexibility index (Phi) is 4.20. The van der Waals surface area contributed by atoms with Crippen LogP contribution in [0.25, 0.3) is 0 Å². The normalized spacial score (nSPS) is 13.4. The summed E-state index contributed by atoms with van der Waals surface area (Å²) < 4.78 is 28.1. The largest absolute Gasteiger partial charge is 0.300 e. The zero-order valence-corrected chi connectivity index (χ0v) is 10.0. The van der Waals surface area contributed by atoms with Crippen molar-refractivity contribution < 1.29 is 17.4 Å². The predicted octanol–water partition coefficient (Wildman–Crippen LogP) is 1.68. The van der Waals surface area contributed by atoms with Crippen LogP contribution in [-0.4, -0.2) is 20.8 Å². The minimum Gasteiger partial charge on any atom is -0.300 e. The molecule has 1 aromatic carbocycles. The quantitative estimate of drug-likeness (QED) is 0.582. The van der Waals surface area contributed by atoms with Gasteiger partial charge in [-0.15, -0.1) is 0 Å². The molecule has 0 N–H and O–H groups in total. The van der Waals surface area contributed by atoms with Crippen molar-refractivity contribution in [1.82, 2.24) is 0 Å². The van der Waals surface area contributed by atoms with Crippen LogP contribution < -0.4 is 0 Å². The maximum absolute atomic E-state index is 11.7. The maximum atomic E-state index is 11.7. The predicted molar refractivity (Wildman–Crippen MR) is 59.6 cm³/mol. The fourth-order valence-electron chi connectivity index (χ4n) is 1.11. The van der Waals surface area contributed by atoms with Crippen molar-refractivity contribution in [2.75, 3.05) is 0 Å². The summed E-state index contributed by atoms with van der Waals surface area (Å²) in [7, 11) is -3.83. The number of hydrogen-bond acceptors (Lipinski definition) is 4. The minimum atomic E-state index is -3.83. The van der Waals surface area contributed by atoms with Crippen LogP contribution in [0.5, 0.6) is 0 Å². The van der Waals surface area contributed by atoms with Crippen molar-refractivity contribution in [1.29, 1.82) is 0 Å². The molecule has 0 saturated carbocycles. The van der Waals surface area contributed by atoms with E-state index in [4.69, 9.17) is 4.18 Å². The van der Waals surface area contributed by atoms with Crippen molar-refractivity contribution in [3.63, 3.8) is 0 Å². The Bertz CT molecular complexity index is 447. The highest BCUT2D eigenvalue weighted by atomic mass is 32.2. The number of aldehydes is 1. The van der Waals surface area contributed by atoms with Crippen LogP contribution in [0.4, 0.5) is 0 Å². The molecule has 0 aliphatic rings. The zero-order valence-electron chi connectivity index (χ0n) is 9.21. The summed E-state index contributed by atoms with van der Waals surface area (Å²) in [5.41, 5.74) is 0.960. The third-order valence-corrected chi connectivity index (χ3v) is 3.46. The lowest BCUT2D eigenvalue weighted by atomic mass is 10.2. The maximum Gasteiger partial charge on any atom is 0.297 e. The minimum absolute atomic E-state index is 0.0680. The molecule has 0 amide bonds. The summed E-state index contributed by atoms with van der Waals surface area (Å²) in [5.74, 6) is 0. The average Bonchev–Trinajstić information content (AvgIpc) is 2.26. The SMILES string of the molecule is CC[C@H](C=O)OS(=O)(=O)c1ccc(C)cc1. The van der Waals surface area contributed by atoms with Crippen LogP contribution in [0.15, 0.2) is 29.2 Å². The van der Waals surface area contributed by atoms with E-state index < -0.39 is 16.2 Å². The highest BCUT2D eigenvalue weighted by Gasteiger charge is 2.19. The molecule has 16 heavy (non-hydrogen) atoms. The van der Waals surface area contributed by atoms with Gasteiger partial charge >= 0.3 is 0 Å². The summed E-state index contributed by atoms with van der Waals surface area (Å²) in [4.78, 5) is 10.6. The molecule has 4 nitrogen and oxygen atoms in total. The van der Waals surface area contributed by atoms with E-state index in [-0.39, 0.29) is 4.90 Å². The Morgan fingerprint density at radius 3 is 2.31 bits per heavy atom. The monoisotopic (exact) mass is 242 g/mol. The van der Waals surface area contributed by atoms with Gasteiger partial charge in [-0.2, -0.15) is 8.42 Å². The molecule has 1 rings (SSSR count). The van der Waals surface area contributed by atoms with Crippen LogP contribution >= 0.6 is 0 Å². The molecule has 0 aliphatic carbocycles. The topological polar surface area (TPSA) is 60.4 Å². The molecule has 0 radical (unpaired) electrons. The summed E-state index contributed by atoms with van der Waals surface area (Å²) in [5, 5.41) is 0. The number of hydrogen-bond donors (Lipinski definition) is 0. The van der Waals surface area contributed by atoms with Crippen molar-refractivity contribution in [2.45, 2.75) is 31.3 Å². The van der Waals surface area contributed by atoms with Gasteiger partial charge < -0.3 is 4.79 Å². The summed E-state index contributed by atoms with van der Waals surface area (Å²) in [6.45, 7) is 3.54. The first-order valence-corrected chi connectivity index (χ1v) is 6.35. The van der Waals surface area contributed by atoms with Gasteiger partial charge in [-0.3, -0.25) is 4.18 Å². The molecule has 1 aromatic rings. The average molecular weight is 242 g/mol. The molecule has 0 bridgehead atoms. The van der Waals surface area contributed by atoms with E-state index in [0.717, 1.165) is 5.56 Å². The first-order valence-electron chi connectivity index (χ1n) is 4.95. The number of carbonyl (C=O) groups is 1. The lowest BCUT2D eigenvalue weighted by Crippen LogP contribution is -2.19. The third kappa shape index (κ3) is 3.15. The van der Waals surface area contributed by atoms with Gasteiger partial charge in [0.15, 0.2) is 0 Å². The second kappa shape index (κ2) is 5.23. The highest BCUT2D eigenvalue weighted by molar-refractivity contribution is 7.86. The molecule has 0 heterocycles. The Balaban J connectivity index is 2.94. The summed E-state index contributed by atoms with van der Waals surface area (Å²) >= 11 is 0. The third-order valence-electron chi connectivity index (χ3n) is 2.11. The fraction of sp³-hybridized carbons (Fsp3) is 0.364. The number of benzene rings is 1. The number of aryl methyl sites for hydroxylation is 1. The summed E-state index contributed by atoms with van der Waals surface area (Å²) in [6, 6.07) is 6.28. The molecule has 0 aromatic heterocycles. The highest BCUT2D eigenvalue weighted by Crippen LogP contribution is 2.15. The molecule has 0 unspecified atom stereocenters. The summed E-state index contributed by atoms with van der Waals surface area (Å²) in [6.07, 6.45) is -0.0911. The first kappa shape index (κ1) is 12.9. The van der Waals surface area contributed by atoms with Gasteiger partial charge in [0.2, 0.25) is 0 Å². The Morgan fingerprint density at radius 2 is 1.88 bits per heavy atom. The first-order chi connectivity index (χ1) is 7.49. The van der Waals surface area contributed by atoms with E-state index in [1.165, 1.54) is 12.1 Å². The van der Waals surface area contributed by atoms with Gasteiger partial charge in [-0.1, -0.05) is 24.6 Å². The molecule has 88 valence electrons. The molecule has 0 spiro atoms. The van der Waals surface area contributed by atoms with Gasteiger partial charge in [-0.25, -0.2) is 0 Å². The van der Waals surface area contributed by atoms with E-state index in [2.05, 4.69) is 0 Å². The van der Waals surface area contributed by atoms with Crippen molar-refractivity contribution in [3.05, 3.63) is 29.8 Å². The Hall–Kier alpha value is -1.20. The number of carbonyl (C=O) groups excluding carboxylic acids is 1. The van der Waals surface area contributed by atoms with Crippen LogP contribution in [0, 0.1) is 6.92 Å². The standard InChI is InChI=1S/C11H14O4S/c1-3-10(8-12)15-16(13,14)11-6-4-9(2)5-7-11/h4-8,10H,3H2,1-2H3/t10-/m1/s1. The van der Waals surface area contributed by atoms with E-state index in [0.29, 0.717) is 12.7 Å². The van der Waals surface area contributed by atoms with Crippen molar-refractivity contribution in [3.8, 4) is 0 Å². The van der Waals surface area contributed by atoms with Gasteiger partial charge in [0.05, 0.1) is 4.90 Å². The van der Waals surface area contributed by atoms with E-state index in [9.17, 15) is 13.2 Å². The molecule has 0 aliphatic heterocycles. The molecule has 1 atom stereocenters. The second-order valence-electron chi connectivity index (χ2n) is 3.45. The van der Waals surface area contributed by atoms with Crippen molar-refractivity contribution >= 4 is 16.4 Å². The molecule has 0 saturated heterocycles. The molecular formula is C11H14O4S. The second-order valence-corrected chi connectivity index (χ2v) is 5.02.